The summed E-state index contributed by atoms with van der Waals surface area (Å²) in [5.41, 5.74) is 5.02. The van der Waals surface area contributed by atoms with E-state index in [9.17, 15) is 10.1 Å². The van der Waals surface area contributed by atoms with Crippen molar-refractivity contribution in [3.8, 4) is 0 Å². The number of nitrogens with zero attached hydrogens (tertiary/aromatic N) is 3. The Morgan fingerprint density at radius 1 is 1.56 bits per heavy atom. The van der Waals surface area contributed by atoms with Crippen LogP contribution in [0.2, 0.25) is 5.28 Å². The van der Waals surface area contributed by atoms with Crippen LogP contribution in [0.1, 0.15) is 5.76 Å². The first-order chi connectivity index (χ1) is 8.58. The van der Waals surface area contributed by atoms with Gasteiger partial charge in [0.25, 0.3) is 0 Å². The molecule has 0 aliphatic rings. The van der Waals surface area contributed by atoms with Crippen molar-refractivity contribution in [1.82, 2.24) is 9.97 Å². The van der Waals surface area contributed by atoms with Gasteiger partial charge in [0.2, 0.25) is 16.9 Å². The summed E-state index contributed by atoms with van der Waals surface area (Å²) in [6.45, 7) is 0.223. The molecule has 0 radical (unpaired) electrons. The summed E-state index contributed by atoms with van der Waals surface area (Å²) in [5.74, 6) is 0.258. The summed E-state index contributed by atoms with van der Waals surface area (Å²) in [7, 11) is 0. The Balaban J connectivity index is 2.28. The third kappa shape index (κ3) is 2.48. The highest BCUT2D eigenvalue weighted by molar-refractivity contribution is 6.28. The topological polar surface area (TPSA) is 120 Å². The summed E-state index contributed by atoms with van der Waals surface area (Å²) in [6.07, 6.45) is 1.49. The van der Waals surface area contributed by atoms with Gasteiger partial charge in [-0.1, -0.05) is 0 Å². The molecule has 2 heterocycles. The molecular weight excluding hydrogens is 262 g/mol. The molecule has 0 fully saturated rings. The number of nitrogen functional groups attached to an aromatic ring is 1. The number of nitro groups is 1. The summed E-state index contributed by atoms with van der Waals surface area (Å²) >= 11 is 5.60. The molecule has 2 aromatic heterocycles. The van der Waals surface area contributed by atoms with E-state index in [-0.39, 0.29) is 23.5 Å². The number of hydrogen-bond acceptors (Lipinski definition) is 7. The summed E-state index contributed by atoms with van der Waals surface area (Å²) in [4.78, 5) is 17.4. The Morgan fingerprint density at radius 3 is 2.94 bits per heavy atom. The molecule has 94 valence electrons. The maximum absolute atomic E-state index is 10.9. The van der Waals surface area contributed by atoms with Gasteiger partial charge in [-0.2, -0.15) is 9.97 Å². The van der Waals surface area contributed by atoms with Crippen molar-refractivity contribution in [2.75, 3.05) is 11.1 Å². The number of nitrogens with one attached hydrogen (secondary N) is 1. The first-order valence-electron chi connectivity index (χ1n) is 4.81. The van der Waals surface area contributed by atoms with E-state index in [0.717, 1.165) is 0 Å². The van der Waals surface area contributed by atoms with Crippen molar-refractivity contribution < 1.29 is 9.34 Å². The normalized spacial score (nSPS) is 10.3. The van der Waals surface area contributed by atoms with Crippen molar-refractivity contribution in [2.45, 2.75) is 6.54 Å². The molecular formula is C9H8ClN5O3. The quantitative estimate of drug-likeness (QED) is 0.493. The van der Waals surface area contributed by atoms with Gasteiger partial charge >= 0.3 is 5.69 Å². The lowest BCUT2D eigenvalue weighted by molar-refractivity contribution is -0.383. The monoisotopic (exact) mass is 269 g/mol. The van der Waals surface area contributed by atoms with Gasteiger partial charge in [0.1, 0.15) is 5.76 Å². The second-order valence-corrected chi connectivity index (χ2v) is 3.60. The highest BCUT2D eigenvalue weighted by Crippen LogP contribution is 2.29. The Kier molecular flexibility index (Phi) is 3.28. The molecule has 8 nitrogen and oxygen atoms in total. The highest BCUT2D eigenvalue weighted by atomic mass is 35.5. The van der Waals surface area contributed by atoms with Crippen molar-refractivity contribution in [3.05, 3.63) is 39.6 Å². The Bertz CT molecular complexity index is 572. The fourth-order valence-corrected chi connectivity index (χ4v) is 1.51. The maximum atomic E-state index is 10.9. The third-order valence-electron chi connectivity index (χ3n) is 2.08. The summed E-state index contributed by atoms with van der Waals surface area (Å²) in [6, 6.07) is 3.41. The van der Waals surface area contributed by atoms with Crippen molar-refractivity contribution in [2.24, 2.45) is 0 Å². The second kappa shape index (κ2) is 4.88. The maximum Gasteiger partial charge on any atom is 0.353 e. The molecule has 2 rings (SSSR count). The molecule has 0 aliphatic carbocycles. The SMILES string of the molecule is Nc1nc(Cl)nc(NCc2ccco2)c1[N+](=O)[O-]. The van der Waals surface area contributed by atoms with E-state index in [2.05, 4.69) is 15.3 Å². The zero-order valence-corrected chi connectivity index (χ0v) is 9.72. The van der Waals surface area contributed by atoms with E-state index in [1.165, 1.54) is 6.26 Å². The number of nitrogens with two attached hydrogens (primary N) is 1. The molecule has 0 unspecified atom stereocenters. The van der Waals surface area contributed by atoms with Crippen LogP contribution in [0, 0.1) is 10.1 Å². The standard InChI is InChI=1S/C9H8ClN5O3/c10-9-13-7(11)6(15(16)17)8(14-9)12-4-5-2-1-3-18-5/h1-3H,4H2,(H3,11,12,13,14). The number of anilines is 2. The number of aromatic nitrogens is 2. The largest absolute Gasteiger partial charge is 0.467 e. The lowest BCUT2D eigenvalue weighted by atomic mass is 10.4. The average Bonchev–Trinajstić information content (AvgIpc) is 2.77. The van der Waals surface area contributed by atoms with Gasteiger partial charge in [0, 0.05) is 0 Å². The van der Waals surface area contributed by atoms with E-state index in [4.69, 9.17) is 21.8 Å². The number of halogens is 1. The van der Waals surface area contributed by atoms with Crippen LogP contribution in [0.15, 0.2) is 22.8 Å². The van der Waals surface area contributed by atoms with Crippen LogP contribution < -0.4 is 11.1 Å². The molecule has 0 saturated heterocycles. The zero-order valence-electron chi connectivity index (χ0n) is 8.96. The minimum Gasteiger partial charge on any atom is -0.467 e. The molecule has 0 aliphatic heterocycles. The van der Waals surface area contributed by atoms with Gasteiger partial charge in [-0.25, -0.2) is 0 Å². The fraction of sp³-hybridized carbons (Fsp3) is 0.111. The molecule has 18 heavy (non-hydrogen) atoms. The van der Waals surface area contributed by atoms with Gasteiger partial charge in [0.05, 0.1) is 17.7 Å². The average molecular weight is 270 g/mol. The molecule has 9 heteroatoms. The first kappa shape index (κ1) is 12.1. The van der Waals surface area contributed by atoms with Crippen LogP contribution in [-0.4, -0.2) is 14.9 Å². The molecule has 0 bridgehead atoms. The minimum absolute atomic E-state index is 0.0473. The van der Waals surface area contributed by atoms with E-state index < -0.39 is 10.6 Å². The van der Waals surface area contributed by atoms with Crippen LogP contribution in [-0.2, 0) is 6.54 Å². The smallest absolute Gasteiger partial charge is 0.353 e. The molecule has 0 amide bonds. The molecule has 0 saturated carbocycles. The lowest BCUT2D eigenvalue weighted by Crippen LogP contribution is -2.08. The van der Waals surface area contributed by atoms with Crippen LogP contribution in [0.4, 0.5) is 17.3 Å². The van der Waals surface area contributed by atoms with Crippen LogP contribution in [0.25, 0.3) is 0 Å². The molecule has 0 aromatic carbocycles. The van der Waals surface area contributed by atoms with Gasteiger partial charge in [-0.15, -0.1) is 0 Å². The van der Waals surface area contributed by atoms with Crippen molar-refractivity contribution in [3.63, 3.8) is 0 Å². The van der Waals surface area contributed by atoms with Gasteiger partial charge in [0.15, 0.2) is 0 Å². The van der Waals surface area contributed by atoms with E-state index >= 15 is 0 Å². The molecule has 0 spiro atoms. The van der Waals surface area contributed by atoms with Crippen molar-refractivity contribution >= 4 is 28.9 Å². The fourth-order valence-electron chi connectivity index (χ4n) is 1.33. The molecule has 2 aromatic rings. The number of hydrogen-bond donors (Lipinski definition) is 2. The van der Waals surface area contributed by atoms with Crippen LogP contribution in [0.3, 0.4) is 0 Å². The van der Waals surface area contributed by atoms with E-state index in [1.807, 2.05) is 0 Å². The number of rotatable bonds is 4. The summed E-state index contributed by atoms with van der Waals surface area (Å²) in [5, 5.41) is 13.4. The number of furan rings is 1. The van der Waals surface area contributed by atoms with E-state index in [0.29, 0.717) is 5.76 Å². The van der Waals surface area contributed by atoms with Crippen molar-refractivity contribution in [1.29, 1.82) is 0 Å². The second-order valence-electron chi connectivity index (χ2n) is 3.27. The highest BCUT2D eigenvalue weighted by Gasteiger charge is 2.22. The molecule has 3 N–H and O–H groups in total. The first-order valence-corrected chi connectivity index (χ1v) is 5.19. The third-order valence-corrected chi connectivity index (χ3v) is 2.25. The van der Waals surface area contributed by atoms with Crippen LogP contribution >= 0.6 is 11.6 Å². The van der Waals surface area contributed by atoms with Gasteiger partial charge in [-0.3, -0.25) is 10.1 Å². The molecule has 0 atom stereocenters. The Hall–Kier alpha value is -2.35. The summed E-state index contributed by atoms with van der Waals surface area (Å²) < 4.78 is 5.08. The predicted molar refractivity (Wildman–Crippen MR) is 64.1 cm³/mol. The Morgan fingerprint density at radius 2 is 2.33 bits per heavy atom. The van der Waals surface area contributed by atoms with Gasteiger partial charge in [-0.05, 0) is 23.7 Å². The van der Waals surface area contributed by atoms with Gasteiger partial charge < -0.3 is 15.5 Å². The Labute approximate surface area is 106 Å². The lowest BCUT2D eigenvalue weighted by Gasteiger charge is -2.06. The van der Waals surface area contributed by atoms with Crippen LogP contribution in [0.5, 0.6) is 0 Å². The zero-order chi connectivity index (χ0) is 13.1. The van der Waals surface area contributed by atoms with E-state index in [1.54, 1.807) is 12.1 Å². The predicted octanol–water partition coefficient (Wildman–Crippen LogP) is 1.83. The minimum atomic E-state index is -0.671.